The van der Waals surface area contributed by atoms with Gasteiger partial charge < -0.3 is 5.73 Å². The van der Waals surface area contributed by atoms with Crippen LogP contribution in [0.2, 0.25) is 10.0 Å². The van der Waals surface area contributed by atoms with Crippen LogP contribution in [0.25, 0.3) is 0 Å². The van der Waals surface area contributed by atoms with Gasteiger partial charge in [-0.1, -0.05) is 43.0 Å². The van der Waals surface area contributed by atoms with Gasteiger partial charge in [0.1, 0.15) is 0 Å². The van der Waals surface area contributed by atoms with Crippen molar-refractivity contribution >= 4 is 23.2 Å². The van der Waals surface area contributed by atoms with Crippen LogP contribution in [0.4, 0.5) is 0 Å². The first-order chi connectivity index (χ1) is 8.54. The standard InChI is InChI=1S/C15H21Cl2N/c1-11-3-2-6-15(8-11,10-18)9-12-7-13(16)4-5-14(12)17/h4-5,7,11H,2-3,6,8-10,18H2,1H3. The zero-order chi connectivity index (χ0) is 13.2. The molecule has 2 N–H and O–H groups in total. The molecule has 0 saturated heterocycles. The Labute approximate surface area is 120 Å². The number of benzene rings is 1. The van der Waals surface area contributed by atoms with Gasteiger partial charge in [0.05, 0.1) is 0 Å². The molecular weight excluding hydrogens is 265 g/mol. The van der Waals surface area contributed by atoms with E-state index in [9.17, 15) is 0 Å². The highest BCUT2D eigenvalue weighted by atomic mass is 35.5. The normalized spacial score (nSPS) is 28.3. The molecule has 2 atom stereocenters. The van der Waals surface area contributed by atoms with Crippen molar-refractivity contribution in [3.05, 3.63) is 33.8 Å². The lowest BCUT2D eigenvalue weighted by molar-refractivity contribution is 0.154. The molecule has 3 heteroatoms. The lowest BCUT2D eigenvalue weighted by Crippen LogP contribution is -2.37. The van der Waals surface area contributed by atoms with Crippen LogP contribution in [0.15, 0.2) is 18.2 Å². The first-order valence-electron chi connectivity index (χ1n) is 6.69. The predicted octanol–water partition coefficient (Wildman–Crippen LogP) is 4.69. The van der Waals surface area contributed by atoms with Gasteiger partial charge in [-0.2, -0.15) is 0 Å². The summed E-state index contributed by atoms with van der Waals surface area (Å²) in [5.41, 5.74) is 7.42. The molecule has 0 radical (unpaired) electrons. The molecule has 2 unspecified atom stereocenters. The molecule has 0 amide bonds. The Morgan fingerprint density at radius 2 is 2.17 bits per heavy atom. The summed E-state index contributed by atoms with van der Waals surface area (Å²) < 4.78 is 0. The molecule has 1 aliphatic carbocycles. The van der Waals surface area contributed by atoms with Crippen LogP contribution in [0.3, 0.4) is 0 Å². The number of halogens is 2. The van der Waals surface area contributed by atoms with Crippen molar-refractivity contribution in [2.75, 3.05) is 6.54 Å². The van der Waals surface area contributed by atoms with E-state index in [4.69, 9.17) is 28.9 Å². The highest BCUT2D eigenvalue weighted by molar-refractivity contribution is 6.33. The fourth-order valence-corrected chi connectivity index (χ4v) is 3.65. The Balaban J connectivity index is 2.21. The summed E-state index contributed by atoms with van der Waals surface area (Å²) in [6, 6.07) is 5.71. The second-order valence-electron chi connectivity index (χ2n) is 5.82. The monoisotopic (exact) mass is 285 g/mol. The molecule has 2 rings (SSSR count). The van der Waals surface area contributed by atoms with E-state index < -0.39 is 0 Å². The third kappa shape index (κ3) is 3.20. The SMILES string of the molecule is CC1CCCC(CN)(Cc2cc(Cl)ccc2Cl)C1. The average Bonchev–Trinajstić information content (AvgIpc) is 2.34. The predicted molar refractivity (Wildman–Crippen MR) is 79.3 cm³/mol. The van der Waals surface area contributed by atoms with Crippen LogP contribution in [0, 0.1) is 11.3 Å². The molecule has 100 valence electrons. The molecule has 1 aromatic rings. The van der Waals surface area contributed by atoms with E-state index in [2.05, 4.69) is 6.92 Å². The van der Waals surface area contributed by atoms with Crippen molar-refractivity contribution in [1.29, 1.82) is 0 Å². The molecule has 1 aliphatic rings. The van der Waals surface area contributed by atoms with Gasteiger partial charge in [0, 0.05) is 10.0 Å². The summed E-state index contributed by atoms with van der Waals surface area (Å²) in [6.07, 6.45) is 5.96. The Hall–Kier alpha value is -0.240. The highest BCUT2D eigenvalue weighted by Gasteiger charge is 2.34. The van der Waals surface area contributed by atoms with Crippen LogP contribution >= 0.6 is 23.2 Å². The zero-order valence-electron chi connectivity index (χ0n) is 10.9. The van der Waals surface area contributed by atoms with Crippen LogP contribution in [0.5, 0.6) is 0 Å². The van der Waals surface area contributed by atoms with Crippen molar-refractivity contribution in [3.63, 3.8) is 0 Å². The van der Waals surface area contributed by atoms with E-state index in [1.165, 1.54) is 25.7 Å². The lowest BCUT2D eigenvalue weighted by atomic mass is 9.67. The third-order valence-corrected chi connectivity index (χ3v) is 4.80. The minimum atomic E-state index is 0.214. The van der Waals surface area contributed by atoms with Gasteiger partial charge >= 0.3 is 0 Å². The van der Waals surface area contributed by atoms with E-state index in [0.29, 0.717) is 0 Å². The van der Waals surface area contributed by atoms with Crippen molar-refractivity contribution in [1.82, 2.24) is 0 Å². The molecule has 0 bridgehead atoms. The zero-order valence-corrected chi connectivity index (χ0v) is 12.4. The van der Waals surface area contributed by atoms with Crippen LogP contribution in [-0.2, 0) is 6.42 Å². The van der Waals surface area contributed by atoms with Gasteiger partial charge in [-0.25, -0.2) is 0 Å². The Morgan fingerprint density at radius 1 is 1.39 bits per heavy atom. The molecule has 0 spiro atoms. The van der Waals surface area contributed by atoms with Gasteiger partial charge in [0.15, 0.2) is 0 Å². The van der Waals surface area contributed by atoms with Crippen molar-refractivity contribution in [3.8, 4) is 0 Å². The molecule has 0 heterocycles. The topological polar surface area (TPSA) is 26.0 Å². The van der Waals surface area contributed by atoms with Crippen molar-refractivity contribution in [2.45, 2.75) is 39.0 Å². The van der Waals surface area contributed by atoms with Crippen molar-refractivity contribution < 1.29 is 0 Å². The van der Waals surface area contributed by atoms with Gasteiger partial charge in [0.2, 0.25) is 0 Å². The Kier molecular flexibility index (Phi) is 4.58. The summed E-state index contributed by atoms with van der Waals surface area (Å²) >= 11 is 12.3. The van der Waals surface area contributed by atoms with Crippen LogP contribution in [-0.4, -0.2) is 6.54 Å². The molecule has 18 heavy (non-hydrogen) atoms. The van der Waals surface area contributed by atoms with E-state index in [1.807, 2.05) is 18.2 Å². The van der Waals surface area contributed by atoms with Crippen molar-refractivity contribution in [2.24, 2.45) is 17.1 Å². The van der Waals surface area contributed by atoms with E-state index in [0.717, 1.165) is 34.5 Å². The Bertz CT molecular complexity index is 419. The first-order valence-corrected chi connectivity index (χ1v) is 7.44. The third-order valence-electron chi connectivity index (χ3n) is 4.19. The average molecular weight is 286 g/mol. The number of rotatable bonds is 3. The van der Waals surface area contributed by atoms with Gasteiger partial charge in [-0.15, -0.1) is 0 Å². The van der Waals surface area contributed by atoms with Gasteiger partial charge in [-0.3, -0.25) is 0 Å². The fourth-order valence-electron chi connectivity index (χ4n) is 3.27. The number of hydrogen-bond acceptors (Lipinski definition) is 1. The molecule has 0 aromatic heterocycles. The molecule has 1 saturated carbocycles. The van der Waals surface area contributed by atoms with Crippen LogP contribution < -0.4 is 5.73 Å². The second-order valence-corrected chi connectivity index (χ2v) is 6.66. The summed E-state index contributed by atoms with van der Waals surface area (Å²) in [6.45, 7) is 3.06. The summed E-state index contributed by atoms with van der Waals surface area (Å²) in [4.78, 5) is 0. The first kappa shape index (κ1) is 14.2. The van der Waals surface area contributed by atoms with E-state index in [1.54, 1.807) is 0 Å². The van der Waals surface area contributed by atoms with E-state index in [-0.39, 0.29) is 5.41 Å². The second kappa shape index (κ2) is 5.81. The maximum absolute atomic E-state index is 6.27. The molecule has 0 aliphatic heterocycles. The summed E-state index contributed by atoms with van der Waals surface area (Å²) in [7, 11) is 0. The summed E-state index contributed by atoms with van der Waals surface area (Å²) in [5, 5.41) is 1.57. The van der Waals surface area contributed by atoms with Gasteiger partial charge in [0.25, 0.3) is 0 Å². The molecule has 1 aromatic carbocycles. The smallest absolute Gasteiger partial charge is 0.0439 e. The van der Waals surface area contributed by atoms with E-state index >= 15 is 0 Å². The fraction of sp³-hybridized carbons (Fsp3) is 0.600. The number of nitrogens with two attached hydrogens (primary N) is 1. The minimum Gasteiger partial charge on any atom is -0.330 e. The maximum Gasteiger partial charge on any atom is 0.0439 e. The maximum atomic E-state index is 6.27. The molecule has 1 nitrogen and oxygen atoms in total. The molecular formula is C15H21Cl2N. The Morgan fingerprint density at radius 3 is 2.83 bits per heavy atom. The number of hydrogen-bond donors (Lipinski definition) is 1. The molecule has 1 fully saturated rings. The highest BCUT2D eigenvalue weighted by Crippen LogP contribution is 2.42. The minimum absolute atomic E-state index is 0.214. The van der Waals surface area contributed by atoms with Gasteiger partial charge in [-0.05, 0) is 60.9 Å². The largest absolute Gasteiger partial charge is 0.330 e. The van der Waals surface area contributed by atoms with Crippen LogP contribution in [0.1, 0.15) is 38.2 Å². The quantitative estimate of drug-likeness (QED) is 0.857. The summed E-state index contributed by atoms with van der Waals surface area (Å²) in [5.74, 6) is 0.764. The lowest BCUT2D eigenvalue weighted by Gasteiger charge is -2.39.